The van der Waals surface area contributed by atoms with Gasteiger partial charge < -0.3 is 11.1 Å². The van der Waals surface area contributed by atoms with Gasteiger partial charge in [-0.05, 0) is 56.7 Å². The van der Waals surface area contributed by atoms with Crippen molar-refractivity contribution in [1.82, 2.24) is 5.32 Å². The monoisotopic (exact) mass is 182 g/mol. The van der Waals surface area contributed by atoms with Gasteiger partial charge in [-0.2, -0.15) is 0 Å². The number of nitrogens with two attached hydrogens (primary N) is 1. The van der Waals surface area contributed by atoms with Crippen molar-refractivity contribution in [2.24, 2.45) is 17.1 Å². The number of hydrogen-bond acceptors (Lipinski definition) is 2. The van der Waals surface area contributed by atoms with Crippen molar-refractivity contribution >= 4 is 0 Å². The predicted octanol–water partition coefficient (Wildman–Crippen LogP) is 1.51. The highest BCUT2D eigenvalue weighted by Crippen LogP contribution is 2.45. The molecule has 1 aliphatic carbocycles. The Morgan fingerprint density at radius 2 is 2.00 bits per heavy atom. The SMILES string of the molecule is NCC1(C2CCCNC2)CCCC1. The van der Waals surface area contributed by atoms with Crippen LogP contribution in [-0.2, 0) is 0 Å². The van der Waals surface area contributed by atoms with Gasteiger partial charge in [-0.15, -0.1) is 0 Å². The predicted molar refractivity (Wildman–Crippen MR) is 55.5 cm³/mol. The average Bonchev–Trinajstić information content (AvgIpc) is 2.69. The number of piperidine rings is 1. The molecule has 76 valence electrons. The van der Waals surface area contributed by atoms with Crippen LogP contribution in [0.15, 0.2) is 0 Å². The van der Waals surface area contributed by atoms with Gasteiger partial charge in [0.25, 0.3) is 0 Å². The summed E-state index contributed by atoms with van der Waals surface area (Å²) in [6.07, 6.45) is 8.35. The van der Waals surface area contributed by atoms with Gasteiger partial charge in [-0.1, -0.05) is 12.8 Å². The summed E-state index contributed by atoms with van der Waals surface area (Å²) in [6.45, 7) is 3.35. The van der Waals surface area contributed by atoms with Gasteiger partial charge in [0.05, 0.1) is 0 Å². The molecule has 0 radical (unpaired) electrons. The summed E-state index contributed by atoms with van der Waals surface area (Å²) in [4.78, 5) is 0. The Morgan fingerprint density at radius 3 is 2.54 bits per heavy atom. The van der Waals surface area contributed by atoms with E-state index in [-0.39, 0.29) is 0 Å². The summed E-state index contributed by atoms with van der Waals surface area (Å²) in [7, 11) is 0. The van der Waals surface area contributed by atoms with Crippen LogP contribution >= 0.6 is 0 Å². The Balaban J connectivity index is 2.01. The molecule has 0 aromatic carbocycles. The average molecular weight is 182 g/mol. The smallest absolute Gasteiger partial charge is 0.00147 e. The molecule has 0 amide bonds. The molecule has 2 fully saturated rings. The minimum Gasteiger partial charge on any atom is -0.330 e. The molecule has 3 N–H and O–H groups in total. The molecule has 2 rings (SSSR count). The molecule has 1 aliphatic heterocycles. The molecule has 1 atom stereocenters. The Hall–Kier alpha value is -0.0800. The first-order chi connectivity index (χ1) is 6.37. The van der Waals surface area contributed by atoms with Crippen molar-refractivity contribution < 1.29 is 0 Å². The summed E-state index contributed by atoms with van der Waals surface area (Å²) < 4.78 is 0. The molecule has 1 saturated heterocycles. The Bertz CT molecular complexity index is 155. The second-order valence-electron chi connectivity index (χ2n) is 4.82. The molecule has 1 heterocycles. The van der Waals surface area contributed by atoms with E-state index in [9.17, 15) is 0 Å². The molecule has 0 aromatic heterocycles. The van der Waals surface area contributed by atoms with Crippen LogP contribution in [0.2, 0.25) is 0 Å². The Kier molecular flexibility index (Phi) is 2.89. The molecule has 0 aromatic rings. The minimum absolute atomic E-state index is 0.521. The van der Waals surface area contributed by atoms with Gasteiger partial charge in [-0.25, -0.2) is 0 Å². The van der Waals surface area contributed by atoms with Gasteiger partial charge in [0.1, 0.15) is 0 Å². The molecule has 1 unspecified atom stereocenters. The lowest BCUT2D eigenvalue weighted by Gasteiger charge is -2.39. The number of hydrogen-bond donors (Lipinski definition) is 2. The van der Waals surface area contributed by atoms with Crippen LogP contribution in [0.1, 0.15) is 38.5 Å². The second kappa shape index (κ2) is 3.97. The molecule has 0 bridgehead atoms. The molecule has 2 aliphatic rings. The normalized spacial score (nSPS) is 33.5. The van der Waals surface area contributed by atoms with Crippen molar-refractivity contribution in [3.05, 3.63) is 0 Å². The molecule has 1 saturated carbocycles. The highest BCUT2D eigenvalue weighted by Gasteiger charge is 2.40. The summed E-state index contributed by atoms with van der Waals surface area (Å²) in [6, 6.07) is 0. The van der Waals surface area contributed by atoms with Gasteiger partial charge in [-0.3, -0.25) is 0 Å². The van der Waals surface area contributed by atoms with Gasteiger partial charge in [0.15, 0.2) is 0 Å². The fourth-order valence-electron chi connectivity index (χ4n) is 3.23. The maximum atomic E-state index is 5.97. The lowest BCUT2D eigenvalue weighted by Crippen LogP contribution is -2.43. The zero-order chi connectivity index (χ0) is 9.15. The minimum atomic E-state index is 0.521. The highest BCUT2D eigenvalue weighted by molar-refractivity contribution is 4.93. The Labute approximate surface area is 81.3 Å². The van der Waals surface area contributed by atoms with E-state index in [1.807, 2.05) is 0 Å². The van der Waals surface area contributed by atoms with Crippen LogP contribution in [0.5, 0.6) is 0 Å². The zero-order valence-corrected chi connectivity index (χ0v) is 8.52. The maximum absolute atomic E-state index is 5.97. The highest BCUT2D eigenvalue weighted by atomic mass is 14.9. The first kappa shape index (κ1) is 9.47. The van der Waals surface area contributed by atoms with Crippen LogP contribution in [0.4, 0.5) is 0 Å². The van der Waals surface area contributed by atoms with E-state index in [1.54, 1.807) is 0 Å². The summed E-state index contributed by atoms with van der Waals surface area (Å²) >= 11 is 0. The second-order valence-corrected chi connectivity index (χ2v) is 4.82. The van der Waals surface area contributed by atoms with Crippen LogP contribution in [-0.4, -0.2) is 19.6 Å². The lowest BCUT2D eigenvalue weighted by atomic mass is 9.71. The summed E-state index contributed by atoms with van der Waals surface area (Å²) in [5.74, 6) is 0.869. The van der Waals surface area contributed by atoms with E-state index >= 15 is 0 Å². The summed E-state index contributed by atoms with van der Waals surface area (Å²) in [5, 5.41) is 3.52. The lowest BCUT2D eigenvalue weighted by molar-refractivity contribution is 0.142. The van der Waals surface area contributed by atoms with E-state index < -0.39 is 0 Å². The maximum Gasteiger partial charge on any atom is -0.00147 e. The molecular weight excluding hydrogens is 160 g/mol. The topological polar surface area (TPSA) is 38.0 Å². The van der Waals surface area contributed by atoms with E-state index in [2.05, 4.69) is 5.32 Å². The third-order valence-electron chi connectivity index (χ3n) is 4.17. The van der Waals surface area contributed by atoms with Crippen LogP contribution in [0.25, 0.3) is 0 Å². The van der Waals surface area contributed by atoms with Crippen molar-refractivity contribution in [1.29, 1.82) is 0 Å². The first-order valence-electron chi connectivity index (χ1n) is 5.78. The molecule has 2 nitrogen and oxygen atoms in total. The first-order valence-corrected chi connectivity index (χ1v) is 5.78. The van der Waals surface area contributed by atoms with E-state index in [0.29, 0.717) is 5.41 Å². The van der Waals surface area contributed by atoms with E-state index in [4.69, 9.17) is 5.73 Å². The largest absolute Gasteiger partial charge is 0.330 e. The van der Waals surface area contributed by atoms with Gasteiger partial charge in [0.2, 0.25) is 0 Å². The van der Waals surface area contributed by atoms with Crippen molar-refractivity contribution in [3.63, 3.8) is 0 Å². The van der Waals surface area contributed by atoms with Gasteiger partial charge >= 0.3 is 0 Å². The van der Waals surface area contributed by atoms with Crippen LogP contribution in [0.3, 0.4) is 0 Å². The Morgan fingerprint density at radius 1 is 1.23 bits per heavy atom. The van der Waals surface area contributed by atoms with Gasteiger partial charge in [0, 0.05) is 0 Å². The molecule has 13 heavy (non-hydrogen) atoms. The molecule has 2 heteroatoms. The van der Waals surface area contributed by atoms with Crippen LogP contribution < -0.4 is 11.1 Å². The standard InChI is InChI=1S/C11H22N2/c12-9-11(5-1-2-6-11)10-4-3-7-13-8-10/h10,13H,1-9,12H2. The molecule has 0 spiro atoms. The zero-order valence-electron chi connectivity index (χ0n) is 8.52. The quantitative estimate of drug-likeness (QED) is 0.679. The van der Waals surface area contributed by atoms with Crippen LogP contribution in [0, 0.1) is 11.3 Å². The van der Waals surface area contributed by atoms with Crippen molar-refractivity contribution in [2.75, 3.05) is 19.6 Å². The van der Waals surface area contributed by atoms with Crippen molar-refractivity contribution in [3.8, 4) is 0 Å². The number of nitrogens with one attached hydrogen (secondary N) is 1. The third kappa shape index (κ3) is 1.75. The van der Waals surface area contributed by atoms with Crippen molar-refractivity contribution in [2.45, 2.75) is 38.5 Å². The molecular formula is C11H22N2. The van der Waals surface area contributed by atoms with E-state index in [1.165, 1.54) is 51.6 Å². The summed E-state index contributed by atoms with van der Waals surface area (Å²) in [5.41, 5.74) is 6.49. The third-order valence-corrected chi connectivity index (χ3v) is 4.17. The fraction of sp³-hybridized carbons (Fsp3) is 1.00. The van der Waals surface area contributed by atoms with E-state index in [0.717, 1.165) is 12.5 Å². The fourth-order valence-corrected chi connectivity index (χ4v) is 3.23. The number of rotatable bonds is 2.